The molecule has 0 aliphatic heterocycles. The molecule has 1 aromatic carbocycles. The first-order valence-electron chi connectivity index (χ1n) is 9.75. The molecule has 4 rings (SSSR count). The topological polar surface area (TPSA) is 86.5 Å². The molecule has 148 valence electrons. The molecule has 0 amide bonds. The highest BCUT2D eigenvalue weighted by molar-refractivity contribution is 6.05. The van der Waals surface area contributed by atoms with Crippen LogP contribution in [0.25, 0.3) is 0 Å². The molecule has 0 heterocycles. The average Bonchev–Trinajstić information content (AvgIpc) is 3.12. The Morgan fingerprint density at radius 2 is 1.79 bits per heavy atom. The third-order valence-corrected chi connectivity index (χ3v) is 7.41. The summed E-state index contributed by atoms with van der Waals surface area (Å²) in [5, 5.41) is 10.8. The van der Waals surface area contributed by atoms with Crippen molar-refractivity contribution in [3.8, 4) is 0 Å². The number of hydrogen-bond donors (Lipinski definition) is 0. The van der Waals surface area contributed by atoms with Crippen molar-refractivity contribution in [3.05, 3.63) is 51.1 Å². The van der Waals surface area contributed by atoms with Crippen LogP contribution in [0.5, 0.6) is 0 Å². The second-order valence-electron chi connectivity index (χ2n) is 9.48. The summed E-state index contributed by atoms with van der Waals surface area (Å²) in [4.78, 5) is 36.3. The molecule has 3 aliphatic carbocycles. The number of nitro benzene ring substituents is 1. The van der Waals surface area contributed by atoms with Crippen LogP contribution in [-0.4, -0.2) is 22.8 Å². The van der Waals surface area contributed by atoms with Gasteiger partial charge in [0.05, 0.1) is 10.5 Å². The number of Topliss-reactive ketones (excluding diaryl/α,β-unsaturated/α-hetero) is 1. The summed E-state index contributed by atoms with van der Waals surface area (Å²) in [5.74, 6) is -0.312. The van der Waals surface area contributed by atoms with Crippen molar-refractivity contribution in [1.29, 1.82) is 0 Å². The molecular weight excluding hydrogens is 358 g/mol. The van der Waals surface area contributed by atoms with E-state index >= 15 is 0 Å². The van der Waals surface area contributed by atoms with E-state index < -0.39 is 22.4 Å². The Morgan fingerprint density at radius 3 is 2.39 bits per heavy atom. The number of nitro groups is 1. The van der Waals surface area contributed by atoms with Gasteiger partial charge in [0.2, 0.25) is 0 Å². The van der Waals surface area contributed by atoms with Crippen LogP contribution >= 0.6 is 0 Å². The van der Waals surface area contributed by atoms with Crippen molar-refractivity contribution in [2.45, 2.75) is 59.5 Å². The maximum absolute atomic E-state index is 13.1. The average molecular weight is 383 g/mol. The summed E-state index contributed by atoms with van der Waals surface area (Å²) in [6, 6.07) is 5.45. The van der Waals surface area contributed by atoms with Gasteiger partial charge in [-0.3, -0.25) is 14.9 Å². The number of non-ortho nitro benzene ring substituents is 1. The van der Waals surface area contributed by atoms with Crippen molar-refractivity contribution in [3.63, 3.8) is 0 Å². The van der Waals surface area contributed by atoms with E-state index in [-0.39, 0.29) is 27.9 Å². The molecule has 3 atom stereocenters. The predicted molar refractivity (Wildman–Crippen MR) is 103 cm³/mol. The Kier molecular flexibility index (Phi) is 3.87. The fraction of sp³-hybridized carbons (Fsp3) is 0.545. The molecular formula is C22H25NO5. The van der Waals surface area contributed by atoms with Gasteiger partial charge in [-0.25, -0.2) is 4.79 Å². The van der Waals surface area contributed by atoms with E-state index in [9.17, 15) is 19.7 Å². The number of benzene rings is 1. The number of allylic oxidation sites excluding steroid dienone is 1. The van der Waals surface area contributed by atoms with Crippen molar-refractivity contribution >= 4 is 17.4 Å². The molecule has 0 N–H and O–H groups in total. The third-order valence-electron chi connectivity index (χ3n) is 7.41. The molecule has 3 aliphatic rings. The van der Waals surface area contributed by atoms with Crippen LogP contribution < -0.4 is 0 Å². The summed E-state index contributed by atoms with van der Waals surface area (Å²) in [5.41, 5.74) is 1.06. The smallest absolute Gasteiger partial charge is 0.338 e. The van der Waals surface area contributed by atoms with Gasteiger partial charge in [-0.2, -0.15) is 0 Å². The Bertz CT molecular complexity index is 929. The molecule has 1 fully saturated rings. The number of esters is 1. The van der Waals surface area contributed by atoms with Crippen molar-refractivity contribution < 1.29 is 19.2 Å². The molecule has 6 nitrogen and oxygen atoms in total. The molecule has 0 bridgehead atoms. The number of carbonyl (C=O) groups is 2. The number of fused-ring (bicyclic) bond motifs is 2. The highest BCUT2D eigenvalue weighted by Gasteiger charge is 2.67. The molecule has 0 aromatic heterocycles. The second kappa shape index (κ2) is 5.75. The van der Waals surface area contributed by atoms with Crippen molar-refractivity contribution in [2.24, 2.45) is 16.2 Å². The molecule has 0 spiro atoms. The minimum atomic E-state index is -0.500. The van der Waals surface area contributed by atoms with Gasteiger partial charge in [-0.05, 0) is 37.0 Å². The molecule has 0 unspecified atom stereocenters. The summed E-state index contributed by atoms with van der Waals surface area (Å²) >= 11 is 0. The fourth-order valence-corrected chi connectivity index (χ4v) is 5.64. The van der Waals surface area contributed by atoms with Crippen molar-refractivity contribution in [1.82, 2.24) is 0 Å². The summed E-state index contributed by atoms with van der Waals surface area (Å²) < 4.78 is 6.02. The number of ketones is 1. The maximum Gasteiger partial charge on any atom is 0.338 e. The van der Waals surface area contributed by atoms with Crippen LogP contribution in [0.1, 0.15) is 63.7 Å². The van der Waals surface area contributed by atoms with Gasteiger partial charge in [-0.1, -0.05) is 34.1 Å². The molecule has 28 heavy (non-hydrogen) atoms. The monoisotopic (exact) mass is 383 g/mol. The zero-order chi connectivity index (χ0) is 20.5. The van der Waals surface area contributed by atoms with E-state index in [0.717, 1.165) is 30.4 Å². The lowest BCUT2D eigenvalue weighted by Gasteiger charge is -2.42. The Morgan fingerprint density at radius 1 is 1.14 bits per heavy atom. The first kappa shape index (κ1) is 18.8. The largest absolute Gasteiger partial charge is 0.454 e. The van der Waals surface area contributed by atoms with Crippen LogP contribution in [0.4, 0.5) is 5.69 Å². The SMILES string of the molecule is CC1(C)CC2=C(C1=O)[C@]1(C)CCC[C@]1(C)[C@H]2OC(=O)c1ccc([N+](=O)[O-])cc1. The van der Waals surface area contributed by atoms with Gasteiger partial charge < -0.3 is 4.74 Å². The first-order chi connectivity index (χ1) is 13.0. The number of rotatable bonds is 3. The molecule has 0 radical (unpaired) electrons. The number of ether oxygens (including phenoxy) is 1. The lowest BCUT2D eigenvalue weighted by molar-refractivity contribution is -0.384. The van der Waals surface area contributed by atoms with Crippen LogP contribution in [0.3, 0.4) is 0 Å². The Labute approximate surface area is 164 Å². The van der Waals surface area contributed by atoms with Crippen molar-refractivity contribution in [2.75, 3.05) is 0 Å². The highest BCUT2D eigenvalue weighted by atomic mass is 16.6. The van der Waals surface area contributed by atoms with Crippen LogP contribution in [0, 0.1) is 26.4 Å². The highest BCUT2D eigenvalue weighted by Crippen LogP contribution is 2.69. The van der Waals surface area contributed by atoms with E-state index in [4.69, 9.17) is 4.74 Å². The van der Waals surface area contributed by atoms with Gasteiger partial charge >= 0.3 is 5.97 Å². The Balaban J connectivity index is 1.68. The van der Waals surface area contributed by atoms with E-state index in [2.05, 4.69) is 13.8 Å². The molecule has 0 saturated heterocycles. The zero-order valence-electron chi connectivity index (χ0n) is 16.7. The van der Waals surface area contributed by atoms with Crippen LogP contribution in [0.2, 0.25) is 0 Å². The van der Waals surface area contributed by atoms with E-state index in [1.165, 1.54) is 24.3 Å². The molecule has 1 aromatic rings. The third kappa shape index (κ3) is 2.33. The molecule has 1 saturated carbocycles. The van der Waals surface area contributed by atoms with E-state index in [0.29, 0.717) is 6.42 Å². The fourth-order valence-electron chi connectivity index (χ4n) is 5.64. The lowest BCUT2D eigenvalue weighted by atomic mass is 9.63. The summed E-state index contributed by atoms with van der Waals surface area (Å²) in [6.07, 6.45) is 3.02. The quantitative estimate of drug-likeness (QED) is 0.432. The minimum Gasteiger partial charge on any atom is -0.454 e. The second-order valence-corrected chi connectivity index (χ2v) is 9.48. The van der Waals surface area contributed by atoms with Gasteiger partial charge in [0, 0.05) is 34.0 Å². The summed E-state index contributed by atoms with van der Waals surface area (Å²) in [7, 11) is 0. The number of nitrogens with zero attached hydrogens (tertiary/aromatic N) is 1. The minimum absolute atomic E-state index is 0.0686. The zero-order valence-corrected chi connectivity index (χ0v) is 16.7. The normalized spacial score (nSPS) is 33.0. The van der Waals surface area contributed by atoms with Gasteiger partial charge in [0.1, 0.15) is 6.10 Å². The van der Waals surface area contributed by atoms with Gasteiger partial charge in [0.15, 0.2) is 5.78 Å². The standard InChI is InChI=1S/C22H25NO5/c1-20(2)12-15-16(17(20)24)21(3)10-5-11-22(21,4)18(15)28-19(25)13-6-8-14(9-7-13)23(26)27/h6-9,18H,5,10-12H2,1-4H3/t18-,21-,22+/m0/s1. The Hall–Kier alpha value is -2.50. The van der Waals surface area contributed by atoms with Crippen LogP contribution in [-0.2, 0) is 9.53 Å². The van der Waals surface area contributed by atoms with Gasteiger partial charge in [-0.15, -0.1) is 0 Å². The van der Waals surface area contributed by atoms with E-state index in [1.54, 1.807) is 0 Å². The molecule has 6 heteroatoms. The van der Waals surface area contributed by atoms with Gasteiger partial charge in [0.25, 0.3) is 5.69 Å². The number of carbonyl (C=O) groups excluding carboxylic acids is 2. The lowest BCUT2D eigenvalue weighted by Crippen LogP contribution is -2.43. The van der Waals surface area contributed by atoms with Crippen LogP contribution in [0.15, 0.2) is 35.4 Å². The summed E-state index contributed by atoms with van der Waals surface area (Å²) in [6.45, 7) is 8.19. The number of hydrogen-bond acceptors (Lipinski definition) is 5. The predicted octanol–water partition coefficient (Wildman–Crippen LogP) is 4.63. The first-order valence-corrected chi connectivity index (χ1v) is 9.75. The van der Waals surface area contributed by atoms with E-state index in [1.807, 2.05) is 13.8 Å². The maximum atomic E-state index is 13.1.